The highest BCUT2D eigenvalue weighted by molar-refractivity contribution is 8.19. The predicted octanol–water partition coefficient (Wildman–Crippen LogP) is 10.2. The minimum atomic E-state index is -0.194. The van der Waals surface area contributed by atoms with E-state index >= 15 is 0 Å². The molecule has 0 atom stereocenters. The summed E-state index contributed by atoms with van der Waals surface area (Å²) in [6.07, 6.45) is 1.86. The lowest BCUT2D eigenvalue weighted by molar-refractivity contribution is -0.113. The molecule has 0 unspecified atom stereocenters. The summed E-state index contributed by atoms with van der Waals surface area (Å²) in [7, 11) is 0. The third-order valence-electron chi connectivity index (χ3n) is 7.07. The number of rotatable bonds is 6. The van der Waals surface area contributed by atoms with Crippen molar-refractivity contribution in [1.82, 2.24) is 0 Å². The Morgan fingerprint density at radius 2 is 1.55 bits per heavy atom. The van der Waals surface area contributed by atoms with Gasteiger partial charge in [-0.3, -0.25) is 9.69 Å². The summed E-state index contributed by atoms with van der Waals surface area (Å²) in [6, 6.07) is 33.4. The van der Waals surface area contributed by atoms with Crippen LogP contribution < -0.4 is 9.64 Å². The number of benzene rings is 5. The first-order valence-electron chi connectivity index (χ1n) is 13.4. The Balaban J connectivity index is 1.35. The Hall–Kier alpha value is -4.03. The van der Waals surface area contributed by atoms with Gasteiger partial charge in [0.15, 0.2) is 5.17 Å². The molecule has 7 heteroatoms. The van der Waals surface area contributed by atoms with Crippen LogP contribution in [0.25, 0.3) is 16.8 Å². The summed E-state index contributed by atoms with van der Waals surface area (Å²) < 4.78 is 6.32. The maximum atomic E-state index is 13.9. The van der Waals surface area contributed by atoms with Gasteiger partial charge in [0, 0.05) is 15.6 Å². The number of amides is 1. The monoisotopic (exact) mass is 608 g/mol. The normalized spacial score (nSPS) is 15.2. The van der Waals surface area contributed by atoms with Crippen LogP contribution in [0.5, 0.6) is 5.75 Å². The van der Waals surface area contributed by atoms with E-state index in [4.69, 9.17) is 32.9 Å². The number of ether oxygens (including phenoxy) is 1. The summed E-state index contributed by atoms with van der Waals surface area (Å²) in [5, 5.41) is 4.03. The fourth-order valence-corrected chi connectivity index (χ4v) is 6.05. The Bertz CT molecular complexity index is 1890. The average molecular weight is 610 g/mol. The number of aliphatic imine (C=N–C) groups is 1. The van der Waals surface area contributed by atoms with E-state index in [0.29, 0.717) is 43.8 Å². The molecule has 1 amide bonds. The number of carbonyl (C=O) groups is 1. The van der Waals surface area contributed by atoms with Crippen molar-refractivity contribution in [2.24, 2.45) is 4.99 Å². The Morgan fingerprint density at radius 3 is 2.36 bits per heavy atom. The first-order chi connectivity index (χ1) is 20.4. The van der Waals surface area contributed by atoms with Crippen LogP contribution in [0.2, 0.25) is 10.0 Å². The molecule has 0 aliphatic carbocycles. The number of fused-ring (bicyclic) bond motifs is 1. The van der Waals surface area contributed by atoms with Gasteiger partial charge in [0.1, 0.15) is 12.4 Å². The van der Waals surface area contributed by atoms with Crippen molar-refractivity contribution < 1.29 is 9.53 Å². The van der Waals surface area contributed by atoms with Crippen LogP contribution in [-0.4, -0.2) is 11.1 Å². The molecule has 0 saturated carbocycles. The molecule has 42 heavy (non-hydrogen) atoms. The molecular formula is C35H26Cl2N2O2S. The van der Waals surface area contributed by atoms with E-state index in [2.05, 4.69) is 24.3 Å². The van der Waals surface area contributed by atoms with E-state index in [1.54, 1.807) is 17.0 Å². The van der Waals surface area contributed by atoms with Crippen LogP contribution in [0.3, 0.4) is 0 Å². The minimum Gasteiger partial charge on any atom is -0.488 e. The number of amidine groups is 1. The number of carbonyl (C=O) groups excluding carboxylic acids is 1. The highest BCUT2D eigenvalue weighted by Crippen LogP contribution is 2.40. The van der Waals surface area contributed by atoms with Crippen molar-refractivity contribution in [3.8, 4) is 5.75 Å². The number of para-hydroxylation sites is 1. The number of thioether (sulfide) groups is 1. The lowest BCUT2D eigenvalue weighted by Gasteiger charge is -2.16. The van der Waals surface area contributed by atoms with Crippen molar-refractivity contribution in [3.63, 3.8) is 0 Å². The van der Waals surface area contributed by atoms with Crippen molar-refractivity contribution in [2.75, 3.05) is 4.90 Å². The van der Waals surface area contributed by atoms with Gasteiger partial charge in [-0.2, -0.15) is 0 Å². The molecule has 0 bridgehead atoms. The third kappa shape index (κ3) is 5.82. The number of nitrogens with zero attached hydrogens (tertiary/aromatic N) is 2. The van der Waals surface area contributed by atoms with Crippen LogP contribution in [0.4, 0.5) is 11.4 Å². The molecule has 0 spiro atoms. The van der Waals surface area contributed by atoms with Crippen LogP contribution in [0, 0.1) is 13.8 Å². The zero-order valence-electron chi connectivity index (χ0n) is 23.0. The van der Waals surface area contributed by atoms with Crippen LogP contribution >= 0.6 is 35.0 Å². The van der Waals surface area contributed by atoms with E-state index in [-0.39, 0.29) is 5.91 Å². The van der Waals surface area contributed by atoms with Crippen molar-refractivity contribution in [1.29, 1.82) is 0 Å². The van der Waals surface area contributed by atoms with Gasteiger partial charge >= 0.3 is 0 Å². The Morgan fingerprint density at radius 1 is 0.833 bits per heavy atom. The van der Waals surface area contributed by atoms with E-state index in [9.17, 15) is 4.79 Å². The van der Waals surface area contributed by atoms with Crippen molar-refractivity contribution >= 4 is 74.3 Å². The van der Waals surface area contributed by atoms with Gasteiger partial charge in [0.25, 0.3) is 5.91 Å². The molecule has 5 aromatic rings. The molecule has 208 valence electrons. The molecule has 1 aliphatic rings. The molecule has 0 radical (unpaired) electrons. The molecule has 1 saturated heterocycles. The van der Waals surface area contributed by atoms with Gasteiger partial charge in [-0.05, 0) is 89.5 Å². The van der Waals surface area contributed by atoms with E-state index in [1.807, 2.05) is 86.7 Å². The summed E-state index contributed by atoms with van der Waals surface area (Å²) in [5.74, 6) is 0.493. The maximum Gasteiger partial charge on any atom is 0.271 e. The number of halogens is 2. The summed E-state index contributed by atoms with van der Waals surface area (Å²) in [4.78, 5) is 20.8. The summed E-state index contributed by atoms with van der Waals surface area (Å²) in [6.45, 7) is 4.27. The Labute approximate surface area is 259 Å². The molecule has 1 aliphatic heterocycles. The fraction of sp³-hybridized carbons (Fsp3) is 0.0857. The molecule has 6 rings (SSSR count). The second-order valence-corrected chi connectivity index (χ2v) is 11.8. The predicted molar refractivity (Wildman–Crippen MR) is 177 cm³/mol. The number of hydrogen-bond donors (Lipinski definition) is 0. The first-order valence-corrected chi connectivity index (χ1v) is 15.0. The van der Waals surface area contributed by atoms with Crippen molar-refractivity contribution in [3.05, 3.63) is 140 Å². The van der Waals surface area contributed by atoms with E-state index in [1.165, 1.54) is 17.1 Å². The molecular weight excluding hydrogens is 583 g/mol. The number of hydrogen-bond acceptors (Lipinski definition) is 4. The van der Waals surface area contributed by atoms with Crippen LogP contribution in [-0.2, 0) is 11.4 Å². The number of aryl methyl sites for hydroxylation is 2. The quantitative estimate of drug-likeness (QED) is 0.180. The second kappa shape index (κ2) is 12.1. The number of anilines is 1. The van der Waals surface area contributed by atoms with Gasteiger partial charge in [-0.1, -0.05) is 96.0 Å². The molecule has 1 fully saturated rings. The Kier molecular flexibility index (Phi) is 8.07. The highest BCUT2D eigenvalue weighted by atomic mass is 35.5. The molecule has 0 N–H and O–H groups in total. The van der Waals surface area contributed by atoms with Gasteiger partial charge in [0.05, 0.1) is 16.3 Å². The molecule has 4 nitrogen and oxygen atoms in total. The summed E-state index contributed by atoms with van der Waals surface area (Å²) >= 11 is 14.1. The standard InChI is InChI=1S/C35H26Cl2N2O2S/c1-22-14-16-27(19-30(22)36)38-35-39(28-17-15-23(2)31(37)20-28)34(40)33(42-35)18-25-9-4-6-13-32(25)41-21-26-11-7-10-24-8-3-5-12-29(24)26/h3-20H,21H2,1-2H3/b33-18+,38-35?. The largest absolute Gasteiger partial charge is 0.488 e. The minimum absolute atomic E-state index is 0.194. The van der Waals surface area contributed by atoms with Gasteiger partial charge < -0.3 is 4.74 Å². The zero-order valence-corrected chi connectivity index (χ0v) is 25.3. The highest BCUT2D eigenvalue weighted by Gasteiger charge is 2.35. The van der Waals surface area contributed by atoms with E-state index in [0.717, 1.165) is 27.6 Å². The lowest BCUT2D eigenvalue weighted by atomic mass is 10.1. The lowest BCUT2D eigenvalue weighted by Crippen LogP contribution is -2.28. The van der Waals surface area contributed by atoms with Crippen LogP contribution in [0.1, 0.15) is 22.3 Å². The summed E-state index contributed by atoms with van der Waals surface area (Å²) in [5.41, 5.74) is 5.08. The zero-order chi connectivity index (χ0) is 29.2. The van der Waals surface area contributed by atoms with Crippen LogP contribution in [0.15, 0.2) is 113 Å². The smallest absolute Gasteiger partial charge is 0.271 e. The molecule has 0 aromatic heterocycles. The second-order valence-electron chi connectivity index (χ2n) is 9.98. The third-order valence-corrected chi connectivity index (χ3v) is 8.85. The van der Waals surface area contributed by atoms with Gasteiger partial charge in [0.2, 0.25) is 0 Å². The molecule has 5 aromatic carbocycles. The van der Waals surface area contributed by atoms with E-state index < -0.39 is 0 Å². The van der Waals surface area contributed by atoms with Gasteiger partial charge in [-0.15, -0.1) is 0 Å². The van der Waals surface area contributed by atoms with Gasteiger partial charge in [-0.25, -0.2) is 4.99 Å². The SMILES string of the molecule is Cc1ccc(N=C2S/C(=C/c3ccccc3OCc3cccc4ccccc34)C(=O)N2c2ccc(C)c(Cl)c2)cc1Cl. The van der Waals surface area contributed by atoms with Crippen molar-refractivity contribution in [2.45, 2.75) is 20.5 Å². The first kappa shape index (κ1) is 28.1. The topological polar surface area (TPSA) is 41.9 Å². The average Bonchev–Trinajstić information content (AvgIpc) is 3.29. The molecule has 1 heterocycles. The maximum absolute atomic E-state index is 13.9. The fourth-order valence-electron chi connectivity index (χ4n) is 4.71.